The second-order valence-corrected chi connectivity index (χ2v) is 3.87. The Kier molecular flexibility index (Phi) is 3.40. The molecule has 0 aliphatic rings. The van der Waals surface area contributed by atoms with Crippen LogP contribution in [0, 0.1) is 11.6 Å². The molecule has 2 rings (SSSR count). The maximum atomic E-state index is 13.5. The molecule has 1 aromatic heterocycles. The first-order valence-corrected chi connectivity index (χ1v) is 5.22. The molecule has 100 valence electrons. The molecular formula is C11H4ClF5N2. The summed E-state index contributed by atoms with van der Waals surface area (Å²) in [5, 5.41) is -0.673. The number of alkyl halides is 3. The summed E-state index contributed by atoms with van der Waals surface area (Å²) in [4.78, 5) is 6.51. The van der Waals surface area contributed by atoms with Crippen LogP contribution in [-0.2, 0) is 6.18 Å². The summed E-state index contributed by atoms with van der Waals surface area (Å²) in [6.45, 7) is 0. The highest BCUT2D eigenvalue weighted by molar-refractivity contribution is 6.28. The third kappa shape index (κ3) is 2.98. The number of aromatic nitrogens is 2. The van der Waals surface area contributed by atoms with Gasteiger partial charge in [0.15, 0.2) is 0 Å². The minimum Gasteiger partial charge on any atom is -0.218 e. The molecule has 0 saturated carbocycles. The van der Waals surface area contributed by atoms with Crippen LogP contribution in [0.15, 0.2) is 24.3 Å². The zero-order chi connectivity index (χ0) is 14.2. The van der Waals surface area contributed by atoms with Crippen molar-refractivity contribution < 1.29 is 22.0 Å². The first-order chi connectivity index (χ1) is 8.77. The van der Waals surface area contributed by atoms with E-state index >= 15 is 0 Å². The lowest BCUT2D eigenvalue weighted by Crippen LogP contribution is -2.09. The van der Waals surface area contributed by atoms with Gasteiger partial charge in [-0.3, -0.25) is 0 Å². The smallest absolute Gasteiger partial charge is 0.218 e. The fraction of sp³-hybridized carbons (Fsp3) is 0.0909. The number of nitrogens with zero attached hydrogens (tertiary/aromatic N) is 2. The average molecular weight is 295 g/mol. The van der Waals surface area contributed by atoms with Gasteiger partial charge in [-0.25, -0.2) is 18.7 Å². The number of hydrogen-bond acceptors (Lipinski definition) is 2. The van der Waals surface area contributed by atoms with E-state index in [9.17, 15) is 22.0 Å². The van der Waals surface area contributed by atoms with Crippen LogP contribution < -0.4 is 0 Å². The summed E-state index contributed by atoms with van der Waals surface area (Å²) in [5.74, 6) is -1.89. The summed E-state index contributed by atoms with van der Waals surface area (Å²) in [5.41, 5.74) is -1.97. The second kappa shape index (κ2) is 4.73. The molecule has 0 aliphatic carbocycles. The Balaban J connectivity index is 2.59. The Morgan fingerprint density at radius 3 is 2.26 bits per heavy atom. The summed E-state index contributed by atoms with van der Waals surface area (Å²) in [6.07, 6.45) is -4.74. The summed E-state index contributed by atoms with van der Waals surface area (Å²) in [7, 11) is 0. The number of benzene rings is 1. The SMILES string of the molecule is Fc1ccc(-c2cc(C(F)(F)F)nc(Cl)n2)c(F)c1. The normalized spacial score (nSPS) is 11.7. The minimum atomic E-state index is -4.74. The Hall–Kier alpha value is -1.76. The molecule has 0 saturated heterocycles. The van der Waals surface area contributed by atoms with Crippen LogP contribution in [0.3, 0.4) is 0 Å². The molecule has 0 spiro atoms. The van der Waals surface area contributed by atoms with Crippen LogP contribution in [0.5, 0.6) is 0 Å². The third-order valence-corrected chi connectivity index (χ3v) is 2.37. The van der Waals surface area contributed by atoms with Gasteiger partial charge in [0.25, 0.3) is 0 Å². The van der Waals surface area contributed by atoms with Crippen LogP contribution >= 0.6 is 11.6 Å². The average Bonchev–Trinajstić information content (AvgIpc) is 2.26. The Bertz CT molecular complexity index is 627. The summed E-state index contributed by atoms with van der Waals surface area (Å²) < 4.78 is 63.8. The molecular weight excluding hydrogens is 291 g/mol. The van der Waals surface area contributed by atoms with Crippen molar-refractivity contribution in [3.8, 4) is 11.3 Å². The highest BCUT2D eigenvalue weighted by atomic mass is 35.5. The molecule has 0 bridgehead atoms. The van der Waals surface area contributed by atoms with E-state index in [0.29, 0.717) is 12.1 Å². The van der Waals surface area contributed by atoms with E-state index in [0.717, 1.165) is 12.1 Å². The standard InChI is InChI=1S/C11H4ClF5N2/c12-10-18-8(4-9(19-10)11(15,16)17)6-2-1-5(13)3-7(6)14/h1-4H. The summed E-state index contributed by atoms with van der Waals surface area (Å²) in [6, 6.07) is 2.96. The first kappa shape index (κ1) is 13.7. The van der Waals surface area contributed by atoms with Crippen LogP contribution in [0.2, 0.25) is 5.28 Å². The van der Waals surface area contributed by atoms with E-state index in [1.54, 1.807) is 0 Å². The Morgan fingerprint density at radius 1 is 1.00 bits per heavy atom. The number of rotatable bonds is 1. The predicted molar refractivity (Wildman–Crippen MR) is 57.4 cm³/mol. The summed E-state index contributed by atoms with van der Waals surface area (Å²) >= 11 is 5.37. The van der Waals surface area contributed by atoms with Gasteiger partial charge in [0.1, 0.15) is 17.3 Å². The molecule has 0 fully saturated rings. The van der Waals surface area contributed by atoms with Crippen LogP contribution in [-0.4, -0.2) is 9.97 Å². The number of halogens is 6. The Morgan fingerprint density at radius 2 is 1.68 bits per heavy atom. The molecule has 0 radical (unpaired) electrons. The lowest BCUT2D eigenvalue weighted by molar-refractivity contribution is -0.141. The second-order valence-electron chi connectivity index (χ2n) is 3.53. The van der Waals surface area contributed by atoms with Gasteiger partial charge in [-0.2, -0.15) is 13.2 Å². The molecule has 0 N–H and O–H groups in total. The van der Waals surface area contributed by atoms with Crippen molar-refractivity contribution in [2.45, 2.75) is 6.18 Å². The van der Waals surface area contributed by atoms with E-state index in [2.05, 4.69) is 9.97 Å². The maximum absolute atomic E-state index is 13.5. The van der Waals surface area contributed by atoms with Crippen molar-refractivity contribution in [1.82, 2.24) is 9.97 Å². The fourth-order valence-corrected chi connectivity index (χ4v) is 1.58. The van der Waals surface area contributed by atoms with Crippen LogP contribution in [0.1, 0.15) is 5.69 Å². The molecule has 1 aromatic carbocycles. The van der Waals surface area contributed by atoms with E-state index in [1.165, 1.54) is 0 Å². The zero-order valence-corrected chi connectivity index (χ0v) is 9.73. The lowest BCUT2D eigenvalue weighted by Gasteiger charge is -2.08. The zero-order valence-electron chi connectivity index (χ0n) is 8.97. The van der Waals surface area contributed by atoms with E-state index in [1.807, 2.05) is 0 Å². The Labute approximate surface area is 108 Å². The van der Waals surface area contributed by atoms with Crippen molar-refractivity contribution in [2.24, 2.45) is 0 Å². The molecule has 19 heavy (non-hydrogen) atoms. The highest BCUT2D eigenvalue weighted by Crippen LogP contribution is 2.31. The molecule has 1 heterocycles. The number of hydrogen-bond donors (Lipinski definition) is 0. The van der Waals surface area contributed by atoms with E-state index in [-0.39, 0.29) is 11.3 Å². The molecule has 8 heteroatoms. The minimum absolute atomic E-state index is 0.295. The van der Waals surface area contributed by atoms with Crippen molar-refractivity contribution in [3.63, 3.8) is 0 Å². The van der Waals surface area contributed by atoms with E-state index < -0.39 is 28.8 Å². The molecule has 2 aromatic rings. The first-order valence-electron chi connectivity index (χ1n) is 4.84. The van der Waals surface area contributed by atoms with Gasteiger partial charge in [0.05, 0.1) is 5.69 Å². The van der Waals surface area contributed by atoms with Crippen molar-refractivity contribution >= 4 is 11.6 Å². The van der Waals surface area contributed by atoms with Gasteiger partial charge in [-0.1, -0.05) is 0 Å². The fourth-order valence-electron chi connectivity index (χ4n) is 1.40. The molecule has 2 nitrogen and oxygen atoms in total. The van der Waals surface area contributed by atoms with E-state index in [4.69, 9.17) is 11.6 Å². The van der Waals surface area contributed by atoms with Crippen LogP contribution in [0.25, 0.3) is 11.3 Å². The highest BCUT2D eigenvalue weighted by Gasteiger charge is 2.33. The topological polar surface area (TPSA) is 25.8 Å². The van der Waals surface area contributed by atoms with Gasteiger partial charge in [-0.15, -0.1) is 0 Å². The predicted octanol–water partition coefficient (Wildman–Crippen LogP) is 4.09. The van der Waals surface area contributed by atoms with Gasteiger partial charge >= 0.3 is 6.18 Å². The van der Waals surface area contributed by atoms with Gasteiger partial charge in [0, 0.05) is 11.6 Å². The molecule has 0 unspecified atom stereocenters. The van der Waals surface area contributed by atoms with Crippen molar-refractivity contribution in [1.29, 1.82) is 0 Å². The van der Waals surface area contributed by atoms with Gasteiger partial charge < -0.3 is 0 Å². The van der Waals surface area contributed by atoms with Crippen LogP contribution in [0.4, 0.5) is 22.0 Å². The van der Waals surface area contributed by atoms with Crippen molar-refractivity contribution in [3.05, 3.63) is 46.9 Å². The van der Waals surface area contributed by atoms with Gasteiger partial charge in [-0.05, 0) is 29.8 Å². The molecule has 0 atom stereocenters. The van der Waals surface area contributed by atoms with Crippen molar-refractivity contribution in [2.75, 3.05) is 0 Å². The molecule has 0 amide bonds. The van der Waals surface area contributed by atoms with Gasteiger partial charge in [0.2, 0.25) is 5.28 Å². The molecule has 0 aliphatic heterocycles. The quantitative estimate of drug-likeness (QED) is 0.585. The third-order valence-electron chi connectivity index (χ3n) is 2.20. The largest absolute Gasteiger partial charge is 0.433 e. The lowest BCUT2D eigenvalue weighted by atomic mass is 10.1. The monoisotopic (exact) mass is 294 g/mol. The maximum Gasteiger partial charge on any atom is 0.433 e.